The molecule has 4 fully saturated rings. The molecule has 1 aromatic carbocycles. The number of esters is 1. The van der Waals surface area contributed by atoms with Gasteiger partial charge in [0.2, 0.25) is 5.91 Å². The van der Waals surface area contributed by atoms with Crippen molar-refractivity contribution >= 4 is 23.6 Å². The monoisotopic (exact) mass is 1020 g/mol. The predicted octanol–water partition coefficient (Wildman–Crippen LogP) is 3.40. The van der Waals surface area contributed by atoms with Crippen LogP contribution < -0.4 is 15.5 Å². The first kappa shape index (κ1) is 59.8. The van der Waals surface area contributed by atoms with E-state index in [1.54, 1.807) is 69.5 Å². The Labute approximate surface area is 428 Å². The molecular weight excluding hydrogens is 931 g/mol. The maximum atomic E-state index is 14.6. The maximum absolute atomic E-state index is 14.6. The fraction of sp³-hybridized carbons (Fsp3) is 0.830. The molecule has 0 aliphatic carbocycles. The molecule has 19 nitrogen and oxygen atoms in total. The molecule has 4 saturated heterocycles. The summed E-state index contributed by atoms with van der Waals surface area (Å²) in [7, 11) is 4.80. The molecule has 0 saturated carbocycles. The largest absolute Gasteiger partial charge is 0.459 e. The van der Waals surface area contributed by atoms with Crippen LogP contribution in [-0.4, -0.2) is 197 Å². The van der Waals surface area contributed by atoms with Crippen molar-refractivity contribution in [2.45, 2.75) is 204 Å². The van der Waals surface area contributed by atoms with Crippen LogP contribution in [0.3, 0.4) is 0 Å². The van der Waals surface area contributed by atoms with Gasteiger partial charge in [-0.1, -0.05) is 39.0 Å². The molecule has 0 aromatic heterocycles. The number of rotatable bonds is 12. The summed E-state index contributed by atoms with van der Waals surface area (Å²) in [5.74, 6) is -2.68. The van der Waals surface area contributed by atoms with Gasteiger partial charge in [-0.25, -0.2) is 4.79 Å². The van der Waals surface area contributed by atoms with Crippen molar-refractivity contribution in [3.8, 4) is 0 Å². The Morgan fingerprint density at radius 1 is 0.944 bits per heavy atom. The standard InChI is InChI=1S/C53H91N5O14/c1-15-41-52(11,65)45(61)35(6)55-28-31(2)26-50(9,64)46(72-48-43(60)40(25-32(3)68-48)57(13)49(63)56(12)39-19-17-16-18-20-39)33(4)44(34(5)47(62)70-41)71-42-27-51(10,67-14)53(66,36(7)69-42)30-54-29-38-21-23-58(24-22-38)37(8)59/h16-20,31-36,38,40-46,48,54-55,60-61,64-66H,15,21-30H2,1-14H3/t31-,32-,33+,34-,35-,36+,40+,41-,42+,43-,44+,45-,46-,48+,50-,51-,52-,53+/m1/s1. The van der Waals surface area contributed by atoms with E-state index in [1.165, 1.54) is 23.8 Å². The van der Waals surface area contributed by atoms with Gasteiger partial charge in [0.25, 0.3) is 0 Å². The number of benzene rings is 1. The van der Waals surface area contributed by atoms with Crippen LogP contribution >= 0.6 is 0 Å². The fourth-order valence-corrected chi connectivity index (χ4v) is 11.7. The van der Waals surface area contributed by atoms with E-state index in [9.17, 15) is 39.9 Å². The van der Waals surface area contributed by atoms with Crippen molar-refractivity contribution in [3.05, 3.63) is 30.3 Å². The SMILES string of the molecule is CC[C@H]1OC(=O)[C@H](C)[C@@H](O[C@H]2C[C@@](C)(OC)[C@](O)(CNCC3CCN(C(C)=O)CC3)[C@H](C)O2)[C@H](C)[C@@H](O[C@@H]2O[C@H](C)C[C@H](N(C)C(=O)N(C)c3ccccc3)[C@H]2O)[C@](C)(O)C[C@@H](C)CN[C@H](C)[C@@H](O)[C@]1(C)O. The zero-order chi connectivity index (χ0) is 53.7. The van der Waals surface area contributed by atoms with E-state index in [0.29, 0.717) is 37.8 Å². The van der Waals surface area contributed by atoms with Gasteiger partial charge < -0.3 is 74.4 Å². The van der Waals surface area contributed by atoms with Crippen molar-refractivity contribution in [1.29, 1.82) is 0 Å². The molecule has 0 bridgehead atoms. The average Bonchev–Trinajstić information content (AvgIpc) is 3.34. The molecule has 5 rings (SSSR count). The highest BCUT2D eigenvalue weighted by atomic mass is 16.7. The van der Waals surface area contributed by atoms with Crippen LogP contribution in [0.1, 0.15) is 115 Å². The lowest BCUT2D eigenvalue weighted by Gasteiger charge is -2.54. The molecule has 1 aromatic rings. The highest BCUT2D eigenvalue weighted by Crippen LogP contribution is 2.43. The van der Waals surface area contributed by atoms with Crippen LogP contribution in [0.4, 0.5) is 10.5 Å². The smallest absolute Gasteiger partial charge is 0.324 e. The minimum atomic E-state index is -1.88. The topological polar surface area (TPSA) is 242 Å². The van der Waals surface area contributed by atoms with Gasteiger partial charge in [0.05, 0.1) is 42.0 Å². The van der Waals surface area contributed by atoms with Gasteiger partial charge in [-0.05, 0) is 118 Å². The summed E-state index contributed by atoms with van der Waals surface area (Å²) in [4.78, 5) is 45.3. The second kappa shape index (κ2) is 24.7. The molecule has 412 valence electrons. The number of carbonyl (C=O) groups is 3. The average molecular weight is 1020 g/mol. The molecule has 4 heterocycles. The van der Waals surface area contributed by atoms with Gasteiger partial charge in [0.1, 0.15) is 35.1 Å². The third-order valence-electron chi connectivity index (χ3n) is 16.6. The number of ether oxygens (including phenoxy) is 6. The number of anilines is 1. The normalized spacial score (nSPS) is 41.2. The molecule has 19 heteroatoms. The van der Waals surface area contributed by atoms with Crippen LogP contribution in [0.2, 0.25) is 0 Å². The summed E-state index contributed by atoms with van der Waals surface area (Å²) >= 11 is 0. The number of likely N-dealkylation sites (N-methyl/N-ethyl adjacent to an activating group) is 1. The van der Waals surface area contributed by atoms with Crippen molar-refractivity contribution in [3.63, 3.8) is 0 Å². The number of hydrogen-bond donors (Lipinski definition) is 7. The minimum absolute atomic E-state index is 0.0104. The van der Waals surface area contributed by atoms with E-state index in [2.05, 4.69) is 10.6 Å². The van der Waals surface area contributed by atoms with Gasteiger partial charge in [-0.15, -0.1) is 0 Å². The number of amides is 3. The number of hydrogen-bond acceptors (Lipinski definition) is 16. The number of piperidine rings is 1. The highest BCUT2D eigenvalue weighted by Gasteiger charge is 2.58. The number of urea groups is 1. The summed E-state index contributed by atoms with van der Waals surface area (Å²) in [6.07, 6.45) is -7.86. The van der Waals surface area contributed by atoms with E-state index < -0.39 is 108 Å². The summed E-state index contributed by atoms with van der Waals surface area (Å²) in [6.45, 7) is 21.2. The third kappa shape index (κ3) is 13.5. The van der Waals surface area contributed by atoms with Crippen LogP contribution in [-0.2, 0) is 38.0 Å². The van der Waals surface area contributed by atoms with Crippen LogP contribution in [0, 0.1) is 23.7 Å². The van der Waals surface area contributed by atoms with Gasteiger partial charge in [-0.3, -0.25) is 14.5 Å². The second-order valence-electron chi connectivity index (χ2n) is 22.4. The zero-order valence-corrected chi connectivity index (χ0v) is 45.6. The van der Waals surface area contributed by atoms with Gasteiger partial charge >= 0.3 is 12.0 Å². The minimum Gasteiger partial charge on any atom is -0.459 e. The van der Waals surface area contributed by atoms with Gasteiger partial charge in [0.15, 0.2) is 12.6 Å². The van der Waals surface area contributed by atoms with E-state index in [0.717, 1.165) is 12.8 Å². The predicted molar refractivity (Wildman–Crippen MR) is 271 cm³/mol. The fourth-order valence-electron chi connectivity index (χ4n) is 11.7. The molecule has 0 unspecified atom stereocenters. The Hall–Kier alpha value is -3.05. The van der Waals surface area contributed by atoms with Crippen LogP contribution in [0.15, 0.2) is 30.3 Å². The number of aliphatic hydroxyl groups excluding tert-OH is 2. The number of nitrogens with one attached hydrogen (secondary N) is 2. The first-order valence-corrected chi connectivity index (χ1v) is 26.3. The number of aliphatic hydroxyl groups is 5. The van der Waals surface area contributed by atoms with Crippen LogP contribution in [0.5, 0.6) is 0 Å². The van der Waals surface area contributed by atoms with Crippen molar-refractivity contribution in [1.82, 2.24) is 20.4 Å². The number of carbonyl (C=O) groups excluding carboxylic acids is 3. The highest BCUT2D eigenvalue weighted by molar-refractivity contribution is 5.91. The molecule has 72 heavy (non-hydrogen) atoms. The lowest BCUT2D eigenvalue weighted by Crippen LogP contribution is -2.70. The van der Waals surface area contributed by atoms with Gasteiger partial charge in [-0.2, -0.15) is 0 Å². The molecule has 7 N–H and O–H groups in total. The quantitative estimate of drug-likeness (QED) is 0.149. The summed E-state index contributed by atoms with van der Waals surface area (Å²) in [5.41, 5.74) is -5.73. The summed E-state index contributed by atoms with van der Waals surface area (Å²) < 4.78 is 39.0. The Bertz CT molecular complexity index is 1910. The number of likely N-dealkylation sites (tertiary alicyclic amines) is 1. The second-order valence-corrected chi connectivity index (χ2v) is 22.4. The van der Waals surface area contributed by atoms with Crippen molar-refractivity contribution in [2.24, 2.45) is 23.7 Å². The summed E-state index contributed by atoms with van der Waals surface area (Å²) in [5, 5.41) is 67.7. The van der Waals surface area contributed by atoms with Crippen molar-refractivity contribution in [2.75, 3.05) is 58.8 Å². The zero-order valence-electron chi connectivity index (χ0n) is 45.6. The number of methoxy groups -OCH3 is 1. The molecule has 4 aliphatic rings. The number of para-hydroxylation sites is 1. The Balaban J connectivity index is 1.49. The third-order valence-corrected chi connectivity index (χ3v) is 16.6. The molecule has 4 aliphatic heterocycles. The first-order chi connectivity index (χ1) is 33.6. The lowest BCUT2D eigenvalue weighted by atomic mass is 9.75. The molecule has 18 atom stereocenters. The Morgan fingerprint density at radius 2 is 1.58 bits per heavy atom. The molecule has 0 radical (unpaired) electrons. The summed E-state index contributed by atoms with van der Waals surface area (Å²) in [6, 6.07) is 7.36. The first-order valence-electron chi connectivity index (χ1n) is 26.3. The lowest BCUT2D eigenvalue weighted by molar-refractivity contribution is -0.336. The molecule has 0 spiro atoms. The number of cyclic esters (lactones) is 1. The Morgan fingerprint density at radius 3 is 2.18 bits per heavy atom. The van der Waals surface area contributed by atoms with E-state index >= 15 is 0 Å². The van der Waals surface area contributed by atoms with Crippen molar-refractivity contribution < 1.29 is 68.3 Å². The number of nitrogens with zero attached hydrogens (tertiary/aromatic N) is 3. The van der Waals surface area contributed by atoms with E-state index in [4.69, 9.17) is 28.4 Å². The van der Waals surface area contributed by atoms with Crippen LogP contribution in [0.25, 0.3) is 0 Å². The van der Waals surface area contributed by atoms with E-state index in [-0.39, 0.29) is 50.1 Å². The van der Waals surface area contributed by atoms with E-state index in [1.807, 2.05) is 49.1 Å². The maximum Gasteiger partial charge on any atom is 0.324 e. The van der Waals surface area contributed by atoms with Gasteiger partial charge in [0, 0.05) is 71.8 Å². The Kier molecular flexibility index (Phi) is 20.6. The molecule has 3 amide bonds. The molecular formula is C53H91N5O14.